The number of aromatic nitrogens is 4. The molecule has 0 radical (unpaired) electrons. The van der Waals surface area contributed by atoms with Gasteiger partial charge in [-0.25, -0.2) is 0 Å². The molecule has 0 saturated heterocycles. The quantitative estimate of drug-likeness (QED) is 0.416. The lowest BCUT2D eigenvalue weighted by molar-refractivity contribution is -0.114. The second kappa shape index (κ2) is 9.48. The Kier molecular flexibility index (Phi) is 6.31. The van der Waals surface area contributed by atoms with Crippen molar-refractivity contribution in [3.8, 4) is 17.1 Å². The molecule has 0 spiro atoms. The number of nitrogens with one attached hydrogen (secondary N) is 2. The van der Waals surface area contributed by atoms with Crippen LogP contribution in [0, 0.1) is 0 Å². The van der Waals surface area contributed by atoms with Crippen LogP contribution < -0.4 is 15.4 Å². The lowest BCUT2D eigenvalue weighted by Gasteiger charge is -2.08. The van der Waals surface area contributed by atoms with Gasteiger partial charge in [-0.3, -0.25) is 9.59 Å². The maximum atomic E-state index is 12.4. The minimum absolute atomic E-state index is 0.170. The molecule has 2 aromatic carbocycles. The third kappa shape index (κ3) is 5.03. The van der Waals surface area contributed by atoms with Crippen LogP contribution in [0.2, 0.25) is 0 Å². The van der Waals surface area contributed by atoms with Gasteiger partial charge in [-0.2, -0.15) is 9.61 Å². The van der Waals surface area contributed by atoms with Crippen LogP contribution in [-0.4, -0.2) is 44.5 Å². The summed E-state index contributed by atoms with van der Waals surface area (Å²) in [6, 6.07) is 18.1. The zero-order valence-corrected chi connectivity index (χ0v) is 18.2. The van der Waals surface area contributed by atoms with E-state index in [1.807, 2.05) is 30.3 Å². The third-order valence-corrected chi connectivity index (χ3v) is 5.32. The molecular formula is C22H20N6O3S. The number of carbonyl (C=O) groups excluding carboxylic acids is 2. The number of fused-ring (bicyclic) bond motifs is 1. The average molecular weight is 449 g/mol. The first-order valence-electron chi connectivity index (χ1n) is 9.69. The van der Waals surface area contributed by atoms with Gasteiger partial charge in [0.05, 0.1) is 12.9 Å². The van der Waals surface area contributed by atoms with E-state index in [9.17, 15) is 9.59 Å². The number of ether oxygens (including phenoxy) is 1. The Bertz CT molecular complexity index is 1270. The molecule has 0 atom stereocenters. The van der Waals surface area contributed by atoms with Crippen molar-refractivity contribution in [2.45, 2.75) is 11.9 Å². The summed E-state index contributed by atoms with van der Waals surface area (Å²) in [5.74, 6) is 1.16. The van der Waals surface area contributed by atoms with Crippen LogP contribution in [0.5, 0.6) is 5.75 Å². The van der Waals surface area contributed by atoms with Crippen molar-refractivity contribution >= 4 is 40.6 Å². The Morgan fingerprint density at radius 2 is 1.75 bits per heavy atom. The van der Waals surface area contributed by atoms with E-state index in [2.05, 4.69) is 25.9 Å². The van der Waals surface area contributed by atoms with Gasteiger partial charge in [0, 0.05) is 23.9 Å². The maximum Gasteiger partial charge on any atom is 0.234 e. The molecule has 0 unspecified atom stereocenters. The van der Waals surface area contributed by atoms with Gasteiger partial charge in [0.15, 0.2) is 11.5 Å². The van der Waals surface area contributed by atoms with Crippen LogP contribution in [0.15, 0.2) is 65.7 Å². The molecule has 2 heterocycles. The number of anilines is 2. The Morgan fingerprint density at radius 1 is 1.00 bits per heavy atom. The van der Waals surface area contributed by atoms with Crippen LogP contribution in [-0.2, 0) is 9.59 Å². The molecule has 162 valence electrons. The van der Waals surface area contributed by atoms with E-state index >= 15 is 0 Å². The van der Waals surface area contributed by atoms with Gasteiger partial charge in [-0.05, 0) is 54.6 Å². The Balaban J connectivity index is 1.44. The Hall–Kier alpha value is -3.92. The topological polar surface area (TPSA) is 111 Å². The SMILES string of the molecule is COc1ccc(-c2nnc3ccc(SCC(=O)Nc4cccc(NC(C)=O)c4)nn23)cc1. The number of carbonyl (C=O) groups is 2. The van der Waals surface area contributed by atoms with Crippen molar-refractivity contribution in [1.29, 1.82) is 0 Å². The molecule has 2 N–H and O–H groups in total. The minimum atomic E-state index is -0.184. The molecule has 0 saturated carbocycles. The van der Waals surface area contributed by atoms with Gasteiger partial charge in [0.2, 0.25) is 11.8 Å². The molecule has 4 aromatic rings. The molecule has 2 aromatic heterocycles. The van der Waals surface area contributed by atoms with E-state index in [-0.39, 0.29) is 17.6 Å². The third-order valence-electron chi connectivity index (χ3n) is 4.40. The summed E-state index contributed by atoms with van der Waals surface area (Å²) in [6.45, 7) is 1.43. The van der Waals surface area contributed by atoms with E-state index in [1.54, 1.807) is 42.0 Å². The van der Waals surface area contributed by atoms with Gasteiger partial charge in [-0.15, -0.1) is 10.2 Å². The fourth-order valence-electron chi connectivity index (χ4n) is 2.98. The van der Waals surface area contributed by atoms with Crippen LogP contribution >= 0.6 is 11.8 Å². The Morgan fingerprint density at radius 3 is 2.47 bits per heavy atom. The monoisotopic (exact) mass is 448 g/mol. The predicted molar refractivity (Wildman–Crippen MR) is 123 cm³/mol. The molecular weight excluding hydrogens is 428 g/mol. The number of thioether (sulfide) groups is 1. The van der Waals surface area contributed by atoms with Crippen molar-refractivity contribution in [3.05, 3.63) is 60.7 Å². The first kappa shape index (κ1) is 21.3. The van der Waals surface area contributed by atoms with Crippen LogP contribution in [0.25, 0.3) is 17.0 Å². The number of rotatable bonds is 7. The second-order valence-corrected chi connectivity index (χ2v) is 7.79. The molecule has 0 fully saturated rings. The smallest absolute Gasteiger partial charge is 0.234 e. The summed E-state index contributed by atoms with van der Waals surface area (Å²) in [5, 5.41) is 19.1. The van der Waals surface area contributed by atoms with Crippen molar-refractivity contribution in [2.75, 3.05) is 23.5 Å². The predicted octanol–water partition coefficient (Wildman–Crippen LogP) is 3.49. The standard InChI is InChI=1S/C22H20N6O3S/c1-14(29)23-16-4-3-5-17(12-16)24-20(30)13-32-21-11-10-19-25-26-22(28(19)27-21)15-6-8-18(31-2)9-7-15/h3-12H,13H2,1-2H3,(H,23,29)(H,24,30). The van der Waals surface area contributed by atoms with E-state index in [0.717, 1.165) is 11.3 Å². The molecule has 0 aliphatic rings. The van der Waals surface area contributed by atoms with E-state index in [0.29, 0.717) is 27.9 Å². The minimum Gasteiger partial charge on any atom is -0.497 e. The molecule has 0 aliphatic heterocycles. The number of methoxy groups -OCH3 is 1. The molecule has 4 rings (SSSR count). The van der Waals surface area contributed by atoms with Gasteiger partial charge in [-0.1, -0.05) is 17.8 Å². The van der Waals surface area contributed by atoms with Gasteiger partial charge in [0.1, 0.15) is 10.8 Å². The highest BCUT2D eigenvalue weighted by atomic mass is 32.2. The number of nitrogens with zero attached hydrogens (tertiary/aromatic N) is 4. The van der Waals surface area contributed by atoms with Crippen molar-refractivity contribution < 1.29 is 14.3 Å². The highest BCUT2D eigenvalue weighted by Gasteiger charge is 2.12. The normalized spacial score (nSPS) is 10.7. The van der Waals surface area contributed by atoms with Crippen LogP contribution in [0.4, 0.5) is 11.4 Å². The summed E-state index contributed by atoms with van der Waals surface area (Å²) >= 11 is 1.30. The fraction of sp³-hybridized carbons (Fsp3) is 0.136. The van der Waals surface area contributed by atoms with Crippen LogP contribution in [0.1, 0.15) is 6.92 Å². The highest BCUT2D eigenvalue weighted by molar-refractivity contribution is 7.99. The number of amides is 2. The lowest BCUT2D eigenvalue weighted by atomic mass is 10.2. The number of benzene rings is 2. The zero-order valence-electron chi connectivity index (χ0n) is 17.4. The first-order chi connectivity index (χ1) is 15.5. The molecule has 0 bridgehead atoms. The largest absolute Gasteiger partial charge is 0.497 e. The summed E-state index contributed by atoms with van der Waals surface area (Å²) in [6.07, 6.45) is 0. The molecule has 9 nitrogen and oxygen atoms in total. The van der Waals surface area contributed by atoms with Gasteiger partial charge >= 0.3 is 0 Å². The first-order valence-corrected chi connectivity index (χ1v) is 10.7. The maximum absolute atomic E-state index is 12.4. The summed E-state index contributed by atoms with van der Waals surface area (Å²) < 4.78 is 6.85. The number of hydrogen-bond donors (Lipinski definition) is 2. The zero-order chi connectivity index (χ0) is 22.5. The Labute approximate surface area is 188 Å². The van der Waals surface area contributed by atoms with Crippen molar-refractivity contribution in [3.63, 3.8) is 0 Å². The van der Waals surface area contributed by atoms with Gasteiger partial charge in [0.25, 0.3) is 0 Å². The molecule has 32 heavy (non-hydrogen) atoms. The van der Waals surface area contributed by atoms with Crippen LogP contribution in [0.3, 0.4) is 0 Å². The van der Waals surface area contributed by atoms with E-state index in [4.69, 9.17) is 4.74 Å². The second-order valence-electron chi connectivity index (χ2n) is 6.79. The van der Waals surface area contributed by atoms with Gasteiger partial charge < -0.3 is 15.4 Å². The summed E-state index contributed by atoms with van der Waals surface area (Å²) in [5.41, 5.74) is 2.68. The fourth-order valence-corrected chi connectivity index (χ4v) is 3.64. The summed E-state index contributed by atoms with van der Waals surface area (Å²) in [4.78, 5) is 23.6. The van der Waals surface area contributed by atoms with E-state index in [1.165, 1.54) is 18.7 Å². The van der Waals surface area contributed by atoms with Crippen molar-refractivity contribution in [2.24, 2.45) is 0 Å². The average Bonchev–Trinajstić information content (AvgIpc) is 3.21. The molecule has 0 aliphatic carbocycles. The van der Waals surface area contributed by atoms with E-state index < -0.39 is 0 Å². The lowest BCUT2D eigenvalue weighted by Crippen LogP contribution is -2.14. The molecule has 2 amide bonds. The number of hydrogen-bond acceptors (Lipinski definition) is 7. The summed E-state index contributed by atoms with van der Waals surface area (Å²) in [7, 11) is 1.61. The molecule has 10 heteroatoms. The highest BCUT2D eigenvalue weighted by Crippen LogP contribution is 2.23. The van der Waals surface area contributed by atoms with Crippen molar-refractivity contribution in [1.82, 2.24) is 19.8 Å².